The minimum Gasteiger partial charge on any atom is -0.377 e. The zero-order chi connectivity index (χ0) is 13.5. The number of rotatable bonds is 6. The van der Waals surface area contributed by atoms with E-state index in [9.17, 15) is 8.42 Å². The van der Waals surface area contributed by atoms with Crippen molar-refractivity contribution in [1.29, 1.82) is 0 Å². The summed E-state index contributed by atoms with van der Waals surface area (Å²) in [6, 6.07) is 0. The molecule has 2 aliphatic heterocycles. The molecule has 19 heavy (non-hydrogen) atoms. The third-order valence-electron chi connectivity index (χ3n) is 4.22. The SMILES string of the molecule is CCCS(=O)(=O)N1CC2(C[C@H](OCC3CC3)CS2)C1. The summed E-state index contributed by atoms with van der Waals surface area (Å²) in [6.45, 7) is 4.23. The molecule has 4 nitrogen and oxygen atoms in total. The molecule has 110 valence electrons. The van der Waals surface area contributed by atoms with E-state index in [4.69, 9.17) is 4.74 Å². The fourth-order valence-electron chi connectivity index (χ4n) is 2.87. The Hall–Kier alpha value is 0.220. The number of sulfonamides is 1. The monoisotopic (exact) mass is 305 g/mol. The molecule has 3 aliphatic rings. The Balaban J connectivity index is 1.46. The van der Waals surface area contributed by atoms with E-state index in [1.165, 1.54) is 12.8 Å². The fraction of sp³-hybridized carbons (Fsp3) is 1.00. The van der Waals surface area contributed by atoms with Gasteiger partial charge in [0.2, 0.25) is 10.0 Å². The molecular formula is C13H23NO3S2. The highest BCUT2D eigenvalue weighted by atomic mass is 32.2. The molecular weight excluding hydrogens is 282 g/mol. The molecule has 0 aromatic carbocycles. The first kappa shape index (κ1) is 14.2. The van der Waals surface area contributed by atoms with Crippen LogP contribution in [0.4, 0.5) is 0 Å². The first-order chi connectivity index (χ1) is 9.03. The van der Waals surface area contributed by atoms with Crippen molar-refractivity contribution in [2.45, 2.75) is 43.5 Å². The van der Waals surface area contributed by atoms with Crippen LogP contribution in [0.5, 0.6) is 0 Å². The molecule has 2 heterocycles. The standard InChI is InChI=1S/C13H23NO3S2/c1-2-5-19(15,16)14-9-13(10-14)6-12(8-18-13)17-7-11-3-4-11/h11-12H,2-10H2,1H3/t12-/m0/s1. The highest BCUT2D eigenvalue weighted by molar-refractivity contribution is 8.01. The molecule has 1 atom stereocenters. The lowest BCUT2D eigenvalue weighted by Crippen LogP contribution is -2.61. The van der Waals surface area contributed by atoms with Gasteiger partial charge in [-0.05, 0) is 31.6 Å². The first-order valence-corrected chi connectivity index (χ1v) is 9.86. The highest BCUT2D eigenvalue weighted by Gasteiger charge is 2.52. The second-order valence-electron chi connectivity index (χ2n) is 6.18. The van der Waals surface area contributed by atoms with Crippen LogP contribution in [-0.4, -0.2) is 54.8 Å². The Morgan fingerprint density at radius 2 is 2.11 bits per heavy atom. The van der Waals surface area contributed by atoms with Gasteiger partial charge in [0.15, 0.2) is 0 Å². The summed E-state index contributed by atoms with van der Waals surface area (Å²) in [5.74, 6) is 2.13. The molecule has 0 N–H and O–H groups in total. The van der Waals surface area contributed by atoms with Gasteiger partial charge in [0, 0.05) is 30.2 Å². The van der Waals surface area contributed by atoms with E-state index in [0.29, 0.717) is 25.6 Å². The lowest BCUT2D eigenvalue weighted by Gasteiger charge is -2.46. The fourth-order valence-corrected chi connectivity index (χ4v) is 6.24. The molecule has 6 heteroatoms. The van der Waals surface area contributed by atoms with Crippen molar-refractivity contribution in [3.8, 4) is 0 Å². The lowest BCUT2D eigenvalue weighted by atomic mass is 9.95. The maximum Gasteiger partial charge on any atom is 0.214 e. The summed E-state index contributed by atoms with van der Waals surface area (Å²) in [6.07, 6.45) is 4.73. The van der Waals surface area contributed by atoms with E-state index in [1.807, 2.05) is 18.7 Å². The summed E-state index contributed by atoms with van der Waals surface area (Å²) >= 11 is 1.92. The third kappa shape index (κ3) is 3.12. The van der Waals surface area contributed by atoms with Crippen molar-refractivity contribution >= 4 is 21.8 Å². The molecule has 3 fully saturated rings. The smallest absolute Gasteiger partial charge is 0.214 e. The zero-order valence-corrected chi connectivity index (χ0v) is 13.1. The Labute approximate surface area is 120 Å². The van der Waals surface area contributed by atoms with Crippen LogP contribution < -0.4 is 0 Å². The summed E-state index contributed by atoms with van der Waals surface area (Å²) < 4.78 is 31.6. The van der Waals surface area contributed by atoms with E-state index < -0.39 is 10.0 Å². The van der Waals surface area contributed by atoms with Crippen LogP contribution in [-0.2, 0) is 14.8 Å². The molecule has 0 aromatic heterocycles. The summed E-state index contributed by atoms with van der Waals surface area (Å²) in [5, 5.41) is 0. The minimum absolute atomic E-state index is 0.162. The van der Waals surface area contributed by atoms with Gasteiger partial charge < -0.3 is 4.74 Å². The van der Waals surface area contributed by atoms with Crippen LogP contribution in [0.3, 0.4) is 0 Å². The summed E-state index contributed by atoms with van der Waals surface area (Å²) in [4.78, 5) is 0. The quantitative estimate of drug-likeness (QED) is 0.749. The summed E-state index contributed by atoms with van der Waals surface area (Å²) in [7, 11) is -2.99. The average molecular weight is 305 g/mol. The van der Waals surface area contributed by atoms with Crippen LogP contribution in [0.1, 0.15) is 32.6 Å². The number of ether oxygens (including phenoxy) is 1. The van der Waals surface area contributed by atoms with Gasteiger partial charge in [-0.2, -0.15) is 4.31 Å². The first-order valence-electron chi connectivity index (χ1n) is 7.26. The lowest BCUT2D eigenvalue weighted by molar-refractivity contribution is 0.0446. The van der Waals surface area contributed by atoms with Crippen molar-refractivity contribution in [1.82, 2.24) is 4.31 Å². The second kappa shape index (κ2) is 5.20. The van der Waals surface area contributed by atoms with E-state index in [1.54, 1.807) is 4.31 Å². The number of hydrogen-bond acceptors (Lipinski definition) is 4. The largest absolute Gasteiger partial charge is 0.377 e. The predicted octanol–water partition coefficient (Wildman–Crippen LogP) is 1.71. The minimum atomic E-state index is -2.99. The van der Waals surface area contributed by atoms with Crippen LogP contribution in [0.25, 0.3) is 0 Å². The maximum absolute atomic E-state index is 11.9. The predicted molar refractivity (Wildman–Crippen MR) is 77.9 cm³/mol. The van der Waals surface area contributed by atoms with Crippen LogP contribution in [0, 0.1) is 5.92 Å². The molecule has 1 saturated carbocycles. The van der Waals surface area contributed by atoms with E-state index in [0.717, 1.165) is 24.7 Å². The number of hydrogen-bond donors (Lipinski definition) is 0. The van der Waals surface area contributed by atoms with Crippen molar-refractivity contribution in [3.05, 3.63) is 0 Å². The van der Waals surface area contributed by atoms with Gasteiger partial charge in [0.1, 0.15) is 0 Å². The van der Waals surface area contributed by atoms with E-state index in [-0.39, 0.29) is 10.5 Å². The number of thioether (sulfide) groups is 1. The van der Waals surface area contributed by atoms with Crippen LogP contribution in [0.15, 0.2) is 0 Å². The Morgan fingerprint density at radius 3 is 2.74 bits per heavy atom. The van der Waals surface area contributed by atoms with Gasteiger partial charge in [-0.15, -0.1) is 11.8 Å². The second-order valence-corrected chi connectivity index (χ2v) is 9.76. The average Bonchev–Trinajstić information content (AvgIpc) is 3.02. The van der Waals surface area contributed by atoms with Crippen molar-refractivity contribution < 1.29 is 13.2 Å². The van der Waals surface area contributed by atoms with Crippen LogP contribution in [0.2, 0.25) is 0 Å². The van der Waals surface area contributed by atoms with Gasteiger partial charge in [-0.3, -0.25) is 0 Å². The molecule has 2 saturated heterocycles. The van der Waals surface area contributed by atoms with Gasteiger partial charge in [-0.25, -0.2) is 8.42 Å². The van der Waals surface area contributed by atoms with Crippen molar-refractivity contribution in [3.63, 3.8) is 0 Å². The maximum atomic E-state index is 11.9. The Bertz CT molecular complexity index is 427. The van der Waals surface area contributed by atoms with Gasteiger partial charge in [-0.1, -0.05) is 6.92 Å². The molecule has 0 bridgehead atoms. The van der Waals surface area contributed by atoms with Crippen molar-refractivity contribution in [2.75, 3.05) is 31.2 Å². The van der Waals surface area contributed by atoms with Crippen molar-refractivity contribution in [2.24, 2.45) is 5.92 Å². The Kier molecular flexibility index (Phi) is 3.88. The highest BCUT2D eigenvalue weighted by Crippen LogP contribution is 2.47. The third-order valence-corrected chi connectivity index (χ3v) is 7.77. The molecule has 0 radical (unpaired) electrons. The molecule has 0 unspecified atom stereocenters. The van der Waals surface area contributed by atoms with Crippen LogP contribution >= 0.6 is 11.8 Å². The van der Waals surface area contributed by atoms with Gasteiger partial charge in [0.25, 0.3) is 0 Å². The topological polar surface area (TPSA) is 46.6 Å². The van der Waals surface area contributed by atoms with E-state index in [2.05, 4.69) is 0 Å². The summed E-state index contributed by atoms with van der Waals surface area (Å²) in [5.41, 5.74) is 0. The zero-order valence-electron chi connectivity index (χ0n) is 11.5. The normalized spacial score (nSPS) is 30.7. The van der Waals surface area contributed by atoms with Gasteiger partial charge >= 0.3 is 0 Å². The molecule has 1 aliphatic carbocycles. The Morgan fingerprint density at radius 1 is 1.37 bits per heavy atom. The van der Waals surface area contributed by atoms with Gasteiger partial charge in [0.05, 0.1) is 11.9 Å². The number of nitrogens with zero attached hydrogens (tertiary/aromatic N) is 1. The molecule has 0 amide bonds. The van der Waals surface area contributed by atoms with E-state index >= 15 is 0 Å². The molecule has 3 rings (SSSR count). The molecule has 0 aromatic rings. The molecule has 1 spiro atoms.